The van der Waals surface area contributed by atoms with Crippen molar-refractivity contribution in [1.29, 1.82) is 0 Å². The van der Waals surface area contributed by atoms with E-state index in [-0.39, 0.29) is 0 Å². The lowest BCUT2D eigenvalue weighted by Gasteiger charge is -1.70. The Morgan fingerprint density at radius 2 is 1.91 bits per heavy atom. The molecular weight excluding hydrogens is 136 g/mol. The van der Waals surface area contributed by atoms with Gasteiger partial charge in [0.1, 0.15) is 0 Å². The standard InChI is InChI=1S/C7H10N2.C2H6/c1-3-6-7(4-2)9-5-8-6;1-2/h3-5H,1-2H3,(H,8,9);1-2H3/b6-3+,7-4+;. The summed E-state index contributed by atoms with van der Waals surface area (Å²) >= 11 is 0. The molecule has 0 fully saturated rings. The average Bonchev–Trinajstić information content (AvgIpc) is 2.54. The molecule has 0 atom stereocenters. The highest BCUT2D eigenvalue weighted by molar-refractivity contribution is 5.20. The minimum absolute atomic E-state index is 1.03. The van der Waals surface area contributed by atoms with E-state index in [2.05, 4.69) is 9.97 Å². The highest BCUT2D eigenvalue weighted by atomic mass is 14.8. The number of aromatic amines is 1. The smallest absolute Gasteiger partial charge is 0.0931 e. The summed E-state index contributed by atoms with van der Waals surface area (Å²) in [5.41, 5.74) is 0. The summed E-state index contributed by atoms with van der Waals surface area (Å²) in [7, 11) is 0. The van der Waals surface area contributed by atoms with Gasteiger partial charge in [0.15, 0.2) is 0 Å². The first-order valence-corrected chi connectivity index (χ1v) is 4.00. The van der Waals surface area contributed by atoms with Crippen molar-refractivity contribution >= 4 is 12.2 Å². The highest BCUT2D eigenvalue weighted by Crippen LogP contribution is 1.57. The van der Waals surface area contributed by atoms with Gasteiger partial charge in [-0.25, -0.2) is 4.98 Å². The molecule has 62 valence electrons. The van der Waals surface area contributed by atoms with E-state index in [1.165, 1.54) is 0 Å². The van der Waals surface area contributed by atoms with Crippen LogP contribution in [-0.2, 0) is 0 Å². The Kier molecular flexibility index (Phi) is 5.17. The molecule has 0 radical (unpaired) electrons. The van der Waals surface area contributed by atoms with Crippen LogP contribution >= 0.6 is 0 Å². The number of imidazole rings is 1. The quantitative estimate of drug-likeness (QED) is 0.591. The molecule has 1 aromatic rings. The minimum atomic E-state index is 1.03. The van der Waals surface area contributed by atoms with E-state index in [0.717, 1.165) is 10.7 Å². The zero-order valence-electron chi connectivity index (χ0n) is 7.68. The maximum Gasteiger partial charge on any atom is 0.0931 e. The first-order chi connectivity index (χ1) is 5.38. The molecule has 2 nitrogen and oxygen atoms in total. The Labute approximate surface area is 67.7 Å². The zero-order chi connectivity index (χ0) is 8.69. The van der Waals surface area contributed by atoms with Crippen LogP contribution < -0.4 is 10.7 Å². The molecule has 1 aromatic heterocycles. The average molecular weight is 152 g/mol. The van der Waals surface area contributed by atoms with Crippen molar-refractivity contribution in [3.63, 3.8) is 0 Å². The highest BCUT2D eigenvalue weighted by Gasteiger charge is 1.79. The zero-order valence-corrected chi connectivity index (χ0v) is 7.68. The van der Waals surface area contributed by atoms with Crippen molar-refractivity contribution in [3.05, 3.63) is 17.0 Å². The van der Waals surface area contributed by atoms with Crippen LogP contribution in [0, 0.1) is 0 Å². The largest absolute Gasteiger partial charge is 0.345 e. The Bertz CT molecular complexity index is 254. The van der Waals surface area contributed by atoms with E-state index < -0.39 is 0 Å². The topological polar surface area (TPSA) is 28.7 Å². The summed E-state index contributed by atoms with van der Waals surface area (Å²) in [5.74, 6) is 0. The van der Waals surface area contributed by atoms with Gasteiger partial charge >= 0.3 is 0 Å². The number of hydrogen-bond acceptors (Lipinski definition) is 1. The third kappa shape index (κ3) is 2.58. The SMILES string of the molecule is C/C=c1/nc[nH]/c1=C/C.CC. The Morgan fingerprint density at radius 1 is 1.27 bits per heavy atom. The lowest BCUT2D eigenvalue weighted by Crippen LogP contribution is -2.23. The van der Waals surface area contributed by atoms with Gasteiger partial charge in [-0.2, -0.15) is 0 Å². The van der Waals surface area contributed by atoms with Crippen molar-refractivity contribution in [2.75, 3.05) is 0 Å². The fraction of sp³-hybridized carbons (Fsp3) is 0.444. The maximum atomic E-state index is 4.06. The van der Waals surface area contributed by atoms with Crippen LogP contribution in [0.3, 0.4) is 0 Å². The van der Waals surface area contributed by atoms with Crippen molar-refractivity contribution in [3.8, 4) is 0 Å². The van der Waals surface area contributed by atoms with Crippen LogP contribution in [0.1, 0.15) is 27.7 Å². The van der Waals surface area contributed by atoms with Gasteiger partial charge in [0.05, 0.1) is 17.0 Å². The number of hydrogen-bond donors (Lipinski definition) is 1. The third-order valence-corrected chi connectivity index (χ3v) is 1.26. The maximum absolute atomic E-state index is 4.06. The molecule has 0 unspecified atom stereocenters. The summed E-state index contributed by atoms with van der Waals surface area (Å²) < 4.78 is 0. The van der Waals surface area contributed by atoms with Crippen LogP contribution in [-0.4, -0.2) is 9.97 Å². The second-order valence-corrected chi connectivity index (χ2v) is 1.78. The molecule has 1 N–H and O–H groups in total. The molecule has 0 aliphatic carbocycles. The molecule has 2 heteroatoms. The van der Waals surface area contributed by atoms with Gasteiger partial charge in [0.25, 0.3) is 0 Å². The van der Waals surface area contributed by atoms with E-state index in [1.54, 1.807) is 6.33 Å². The van der Waals surface area contributed by atoms with E-state index in [0.29, 0.717) is 0 Å². The van der Waals surface area contributed by atoms with Gasteiger partial charge in [-0.05, 0) is 13.8 Å². The van der Waals surface area contributed by atoms with Gasteiger partial charge in [0, 0.05) is 0 Å². The number of aromatic nitrogens is 2. The van der Waals surface area contributed by atoms with Crippen LogP contribution in [0.2, 0.25) is 0 Å². The van der Waals surface area contributed by atoms with E-state index in [9.17, 15) is 0 Å². The lowest BCUT2D eigenvalue weighted by atomic mass is 10.5. The van der Waals surface area contributed by atoms with Gasteiger partial charge in [0.2, 0.25) is 0 Å². The number of rotatable bonds is 0. The van der Waals surface area contributed by atoms with Crippen LogP contribution in [0.5, 0.6) is 0 Å². The fourth-order valence-electron chi connectivity index (χ4n) is 0.776. The van der Waals surface area contributed by atoms with E-state index in [4.69, 9.17) is 0 Å². The molecule has 11 heavy (non-hydrogen) atoms. The summed E-state index contributed by atoms with van der Waals surface area (Å²) in [5, 5.41) is 2.12. The van der Waals surface area contributed by atoms with Crippen molar-refractivity contribution in [2.24, 2.45) is 0 Å². The van der Waals surface area contributed by atoms with Gasteiger partial charge in [-0.15, -0.1) is 0 Å². The molecule has 0 saturated heterocycles. The van der Waals surface area contributed by atoms with Crippen LogP contribution in [0.15, 0.2) is 6.33 Å². The summed E-state index contributed by atoms with van der Waals surface area (Å²) in [6.07, 6.45) is 5.68. The molecule has 0 aromatic carbocycles. The number of nitrogens with one attached hydrogen (secondary N) is 1. The van der Waals surface area contributed by atoms with Gasteiger partial charge in [-0.1, -0.05) is 26.0 Å². The van der Waals surface area contributed by atoms with Gasteiger partial charge in [-0.3, -0.25) is 0 Å². The Balaban J connectivity index is 0.000000461. The van der Waals surface area contributed by atoms with Crippen molar-refractivity contribution < 1.29 is 0 Å². The first kappa shape index (κ1) is 9.95. The normalized spacial score (nSPS) is 12.7. The predicted octanol–water partition coefficient (Wildman–Crippen LogP) is 1.04. The molecular formula is C9H16N2. The van der Waals surface area contributed by atoms with Crippen molar-refractivity contribution in [2.45, 2.75) is 27.7 Å². The molecule has 0 saturated carbocycles. The molecule has 0 spiro atoms. The molecule has 0 aliphatic heterocycles. The molecule has 0 amide bonds. The second-order valence-electron chi connectivity index (χ2n) is 1.78. The van der Waals surface area contributed by atoms with Crippen LogP contribution in [0.25, 0.3) is 12.2 Å². The summed E-state index contributed by atoms with van der Waals surface area (Å²) in [6, 6.07) is 0. The number of nitrogens with zero attached hydrogens (tertiary/aromatic N) is 1. The van der Waals surface area contributed by atoms with Crippen LogP contribution in [0.4, 0.5) is 0 Å². The minimum Gasteiger partial charge on any atom is -0.345 e. The Morgan fingerprint density at radius 3 is 2.27 bits per heavy atom. The Hall–Kier alpha value is -1.05. The number of H-pyrrole nitrogens is 1. The molecule has 0 bridgehead atoms. The predicted molar refractivity (Wildman–Crippen MR) is 49.5 cm³/mol. The monoisotopic (exact) mass is 152 g/mol. The van der Waals surface area contributed by atoms with E-state index >= 15 is 0 Å². The first-order valence-electron chi connectivity index (χ1n) is 4.00. The molecule has 1 rings (SSSR count). The summed E-state index contributed by atoms with van der Waals surface area (Å²) in [6.45, 7) is 7.96. The van der Waals surface area contributed by atoms with Crippen molar-refractivity contribution in [1.82, 2.24) is 9.97 Å². The molecule has 0 aliphatic rings. The molecule has 1 heterocycles. The van der Waals surface area contributed by atoms with Gasteiger partial charge < -0.3 is 4.98 Å². The second kappa shape index (κ2) is 5.71. The third-order valence-electron chi connectivity index (χ3n) is 1.26. The summed E-state index contributed by atoms with van der Waals surface area (Å²) in [4.78, 5) is 7.07. The lowest BCUT2D eigenvalue weighted by molar-refractivity contribution is 1.28. The fourth-order valence-corrected chi connectivity index (χ4v) is 0.776. The van der Waals surface area contributed by atoms with E-state index in [1.807, 2.05) is 39.8 Å².